The van der Waals surface area contributed by atoms with Crippen LogP contribution in [0, 0.1) is 0 Å². The minimum Gasteiger partial charge on any atom is -0.266 e. The van der Waals surface area contributed by atoms with E-state index in [2.05, 4.69) is 26.0 Å². The Morgan fingerprint density at radius 1 is 1.00 bits per heavy atom. The highest BCUT2D eigenvalue weighted by atomic mass is 79.9. The summed E-state index contributed by atoms with van der Waals surface area (Å²) in [6.45, 7) is 0. The third-order valence-corrected chi connectivity index (χ3v) is 5.02. The summed E-state index contributed by atoms with van der Waals surface area (Å²) in [4.78, 5) is 17.5. The summed E-state index contributed by atoms with van der Waals surface area (Å²) in [6.07, 6.45) is 5.60. The van der Waals surface area contributed by atoms with Crippen molar-refractivity contribution in [3.05, 3.63) is 90.9 Å². The van der Waals surface area contributed by atoms with Gasteiger partial charge < -0.3 is 0 Å². The van der Waals surface area contributed by atoms with Gasteiger partial charge in [0.2, 0.25) is 4.96 Å². The summed E-state index contributed by atoms with van der Waals surface area (Å²) in [5, 5.41) is 4.29. The molecule has 122 valence electrons. The van der Waals surface area contributed by atoms with Gasteiger partial charge in [0.1, 0.15) is 0 Å². The maximum absolute atomic E-state index is 12.5. The van der Waals surface area contributed by atoms with Gasteiger partial charge in [-0.3, -0.25) is 4.79 Å². The summed E-state index contributed by atoms with van der Waals surface area (Å²) < 4.78 is 2.95. The van der Waals surface area contributed by atoms with E-state index in [0.29, 0.717) is 15.3 Å². The van der Waals surface area contributed by atoms with Crippen LogP contribution in [0.15, 0.2) is 63.9 Å². The average molecular weight is 410 g/mol. The number of nitrogens with zero attached hydrogens (tertiary/aromatic N) is 3. The van der Waals surface area contributed by atoms with E-state index in [9.17, 15) is 4.79 Å². The Morgan fingerprint density at radius 3 is 2.56 bits per heavy atom. The van der Waals surface area contributed by atoms with Gasteiger partial charge in [-0.25, -0.2) is 0 Å². The lowest BCUT2D eigenvalue weighted by molar-refractivity contribution is 0.925. The largest absolute Gasteiger partial charge is 0.291 e. The van der Waals surface area contributed by atoms with E-state index in [-0.39, 0.29) is 5.56 Å². The monoisotopic (exact) mass is 409 g/mol. The van der Waals surface area contributed by atoms with Gasteiger partial charge in [-0.15, -0.1) is 5.10 Å². The standard InChI is InChI=1S/C19H12BrN3OS/c20-15-8-4-7-14(11-15)12-16-18(24)23-19(25-16)21-17(22-23)10-9-13-5-2-1-3-6-13/h1-12H/b10-9+,16-12+. The van der Waals surface area contributed by atoms with Crippen LogP contribution in [-0.2, 0) is 0 Å². The minimum atomic E-state index is -0.146. The van der Waals surface area contributed by atoms with Gasteiger partial charge in [0, 0.05) is 4.47 Å². The van der Waals surface area contributed by atoms with Gasteiger partial charge in [0.05, 0.1) is 4.53 Å². The van der Waals surface area contributed by atoms with E-state index >= 15 is 0 Å². The van der Waals surface area contributed by atoms with Crippen molar-refractivity contribution in [2.75, 3.05) is 0 Å². The number of fused-ring (bicyclic) bond motifs is 1. The molecule has 0 aliphatic heterocycles. The molecule has 0 aliphatic carbocycles. The van der Waals surface area contributed by atoms with Gasteiger partial charge in [-0.05, 0) is 35.4 Å². The third-order valence-electron chi connectivity index (χ3n) is 3.57. The van der Waals surface area contributed by atoms with Gasteiger partial charge in [0.15, 0.2) is 5.82 Å². The third kappa shape index (κ3) is 3.45. The van der Waals surface area contributed by atoms with Crippen LogP contribution in [-0.4, -0.2) is 14.6 Å². The summed E-state index contributed by atoms with van der Waals surface area (Å²) in [7, 11) is 0. The Kier molecular flexibility index (Phi) is 4.29. The Hall–Kier alpha value is -2.57. The quantitative estimate of drug-likeness (QED) is 0.518. The lowest BCUT2D eigenvalue weighted by atomic mass is 10.2. The number of benzene rings is 2. The molecule has 0 unspecified atom stereocenters. The highest BCUT2D eigenvalue weighted by Crippen LogP contribution is 2.12. The number of aromatic nitrogens is 3. The van der Waals surface area contributed by atoms with Crippen molar-refractivity contribution in [1.82, 2.24) is 14.6 Å². The van der Waals surface area contributed by atoms with E-state index in [4.69, 9.17) is 0 Å². The van der Waals surface area contributed by atoms with Crippen LogP contribution < -0.4 is 10.1 Å². The molecule has 2 heterocycles. The Labute approximate surface area is 155 Å². The average Bonchev–Trinajstić information content (AvgIpc) is 3.14. The normalized spacial score (nSPS) is 12.4. The van der Waals surface area contributed by atoms with Crippen molar-refractivity contribution in [1.29, 1.82) is 0 Å². The summed E-state index contributed by atoms with van der Waals surface area (Å²) >= 11 is 4.77. The minimum absolute atomic E-state index is 0.146. The van der Waals surface area contributed by atoms with Gasteiger partial charge in [0.25, 0.3) is 5.56 Å². The molecule has 4 rings (SSSR count). The smallest absolute Gasteiger partial charge is 0.266 e. The van der Waals surface area contributed by atoms with Crippen LogP contribution in [0.5, 0.6) is 0 Å². The second-order valence-corrected chi connectivity index (χ2v) is 7.30. The van der Waals surface area contributed by atoms with Crippen LogP contribution in [0.1, 0.15) is 17.0 Å². The van der Waals surface area contributed by atoms with Crippen molar-refractivity contribution in [2.24, 2.45) is 0 Å². The van der Waals surface area contributed by atoms with Gasteiger partial charge >= 0.3 is 0 Å². The van der Waals surface area contributed by atoms with Gasteiger partial charge in [-0.2, -0.15) is 9.50 Å². The van der Waals surface area contributed by atoms with Crippen LogP contribution in [0.25, 0.3) is 23.2 Å². The molecule has 4 nitrogen and oxygen atoms in total. The fraction of sp³-hybridized carbons (Fsp3) is 0. The van der Waals surface area contributed by atoms with E-state index in [0.717, 1.165) is 15.6 Å². The molecule has 0 fully saturated rings. The zero-order valence-electron chi connectivity index (χ0n) is 13.0. The van der Waals surface area contributed by atoms with Crippen LogP contribution in [0.3, 0.4) is 0 Å². The molecule has 0 atom stereocenters. The topological polar surface area (TPSA) is 47.3 Å². The molecular formula is C19H12BrN3OS. The summed E-state index contributed by atoms with van der Waals surface area (Å²) in [5.41, 5.74) is 1.87. The molecule has 4 aromatic rings. The molecule has 0 saturated heterocycles. The van der Waals surface area contributed by atoms with Crippen LogP contribution in [0.4, 0.5) is 0 Å². The molecule has 2 aromatic carbocycles. The second-order valence-electron chi connectivity index (χ2n) is 5.38. The zero-order chi connectivity index (χ0) is 17.2. The molecule has 6 heteroatoms. The maximum Gasteiger partial charge on any atom is 0.291 e. The van der Waals surface area contributed by atoms with Crippen molar-refractivity contribution >= 4 is 50.5 Å². The summed E-state index contributed by atoms with van der Waals surface area (Å²) in [5.74, 6) is 0.529. The maximum atomic E-state index is 12.5. The Balaban J connectivity index is 1.70. The van der Waals surface area contributed by atoms with E-state index in [1.54, 1.807) is 0 Å². The van der Waals surface area contributed by atoms with Crippen LogP contribution in [0.2, 0.25) is 0 Å². The molecule has 0 aliphatic rings. The number of halogens is 1. The fourth-order valence-corrected chi connectivity index (χ4v) is 3.73. The number of hydrogen-bond donors (Lipinski definition) is 0. The van der Waals surface area contributed by atoms with E-state index in [1.807, 2.05) is 72.8 Å². The van der Waals surface area contributed by atoms with Gasteiger partial charge in [-0.1, -0.05) is 75.8 Å². The van der Waals surface area contributed by atoms with E-state index in [1.165, 1.54) is 15.9 Å². The predicted octanol–water partition coefficient (Wildman–Crippen LogP) is 3.63. The molecule has 0 radical (unpaired) electrons. The first-order chi connectivity index (χ1) is 12.2. The van der Waals surface area contributed by atoms with Crippen molar-refractivity contribution in [2.45, 2.75) is 0 Å². The molecule has 0 amide bonds. The molecule has 0 bridgehead atoms. The van der Waals surface area contributed by atoms with Crippen molar-refractivity contribution in [3.63, 3.8) is 0 Å². The number of thiazole rings is 1. The molecule has 2 aromatic heterocycles. The second kappa shape index (κ2) is 6.74. The molecule has 0 N–H and O–H groups in total. The lowest BCUT2D eigenvalue weighted by Crippen LogP contribution is -2.23. The van der Waals surface area contributed by atoms with Crippen LogP contribution >= 0.6 is 27.3 Å². The zero-order valence-corrected chi connectivity index (χ0v) is 15.4. The Bertz CT molecular complexity index is 1180. The first kappa shape index (κ1) is 15.9. The highest BCUT2D eigenvalue weighted by Gasteiger charge is 2.08. The Morgan fingerprint density at radius 2 is 1.80 bits per heavy atom. The van der Waals surface area contributed by atoms with E-state index < -0.39 is 0 Å². The SMILES string of the molecule is O=c1/c(=C\c2cccc(Br)c2)sc2nc(/C=C/c3ccccc3)nn12. The summed E-state index contributed by atoms with van der Waals surface area (Å²) in [6, 6.07) is 17.7. The highest BCUT2D eigenvalue weighted by molar-refractivity contribution is 9.10. The predicted molar refractivity (Wildman–Crippen MR) is 105 cm³/mol. The number of hydrogen-bond acceptors (Lipinski definition) is 4. The van der Waals surface area contributed by atoms with Crippen molar-refractivity contribution < 1.29 is 0 Å². The molecule has 0 spiro atoms. The van der Waals surface area contributed by atoms with Crippen molar-refractivity contribution in [3.8, 4) is 0 Å². The fourth-order valence-electron chi connectivity index (χ4n) is 2.40. The first-order valence-corrected chi connectivity index (χ1v) is 9.20. The molecular weight excluding hydrogens is 398 g/mol. The molecule has 0 saturated carbocycles. The first-order valence-electron chi connectivity index (χ1n) is 7.59. The lowest BCUT2D eigenvalue weighted by Gasteiger charge is -1.92. The molecule has 25 heavy (non-hydrogen) atoms. The number of rotatable bonds is 3.